The summed E-state index contributed by atoms with van der Waals surface area (Å²) in [6.45, 7) is 0. The highest BCUT2D eigenvalue weighted by Crippen LogP contribution is 2.24. The first-order chi connectivity index (χ1) is 8.68. The summed E-state index contributed by atoms with van der Waals surface area (Å²) in [5.74, 6) is -0.182. The largest absolute Gasteiger partial charge is 0.294 e. The molecule has 0 aromatic heterocycles. The molecule has 3 heteroatoms. The van der Waals surface area contributed by atoms with Crippen molar-refractivity contribution in [2.24, 2.45) is 0 Å². The summed E-state index contributed by atoms with van der Waals surface area (Å²) in [5, 5.41) is 0. The second-order valence-electron chi connectivity index (χ2n) is 4.64. The molecule has 0 saturated heterocycles. The first-order valence-corrected chi connectivity index (χ1v) is 7.13. The second kappa shape index (κ2) is 6.28. The van der Waals surface area contributed by atoms with Crippen molar-refractivity contribution >= 4 is 21.7 Å². The Bertz CT molecular complexity index is 479. The Balaban J connectivity index is 2.11. The molecular weight excluding hydrogens is 295 g/mol. The lowest BCUT2D eigenvalue weighted by atomic mass is 9.99. The number of ketones is 1. The minimum atomic E-state index is -0.310. The average molecular weight is 311 g/mol. The van der Waals surface area contributed by atoms with Gasteiger partial charge in [0.15, 0.2) is 5.78 Å². The maximum Gasteiger partial charge on any atom is 0.162 e. The lowest BCUT2D eigenvalue weighted by Crippen LogP contribution is -2.07. The Morgan fingerprint density at radius 3 is 2.94 bits per heavy atom. The maximum absolute atomic E-state index is 13.4. The van der Waals surface area contributed by atoms with Crippen molar-refractivity contribution in [2.45, 2.75) is 38.5 Å². The molecule has 96 valence electrons. The van der Waals surface area contributed by atoms with E-state index < -0.39 is 0 Å². The fraction of sp³-hybridized carbons (Fsp3) is 0.400. The molecule has 0 N–H and O–H groups in total. The molecular formula is C15H16BrFO. The Morgan fingerprint density at radius 1 is 1.28 bits per heavy atom. The Kier molecular flexibility index (Phi) is 4.70. The van der Waals surface area contributed by atoms with Crippen LogP contribution in [0.3, 0.4) is 0 Å². The number of rotatable bonds is 3. The van der Waals surface area contributed by atoms with Gasteiger partial charge in [0, 0.05) is 6.42 Å². The van der Waals surface area contributed by atoms with Crippen molar-refractivity contribution in [1.82, 2.24) is 0 Å². The standard InChI is InChI=1S/C15H16BrFO/c16-15-12(8-5-9-13(15)17)10-14(18)11-6-3-1-2-4-7-11/h5-6,8-9H,1-4,7,10H2. The van der Waals surface area contributed by atoms with Crippen LogP contribution in [0.1, 0.15) is 37.7 Å². The zero-order valence-corrected chi connectivity index (χ0v) is 11.8. The van der Waals surface area contributed by atoms with E-state index in [1.807, 2.05) is 0 Å². The van der Waals surface area contributed by atoms with E-state index in [2.05, 4.69) is 22.0 Å². The van der Waals surface area contributed by atoms with Gasteiger partial charge in [-0.25, -0.2) is 4.39 Å². The first kappa shape index (κ1) is 13.5. The molecule has 0 radical (unpaired) electrons. The van der Waals surface area contributed by atoms with Gasteiger partial charge in [-0.15, -0.1) is 0 Å². The van der Waals surface area contributed by atoms with Crippen LogP contribution in [-0.2, 0) is 11.2 Å². The van der Waals surface area contributed by atoms with Crippen LogP contribution in [0.25, 0.3) is 0 Å². The minimum absolute atomic E-state index is 0.128. The number of hydrogen-bond acceptors (Lipinski definition) is 1. The normalized spacial score (nSPS) is 16.0. The zero-order valence-electron chi connectivity index (χ0n) is 10.2. The van der Waals surface area contributed by atoms with Crippen LogP contribution >= 0.6 is 15.9 Å². The summed E-state index contributed by atoms with van der Waals surface area (Å²) in [6, 6.07) is 4.83. The van der Waals surface area contributed by atoms with E-state index in [-0.39, 0.29) is 18.0 Å². The fourth-order valence-corrected chi connectivity index (χ4v) is 2.64. The first-order valence-electron chi connectivity index (χ1n) is 6.33. The van der Waals surface area contributed by atoms with Crippen molar-refractivity contribution in [3.63, 3.8) is 0 Å². The molecule has 0 spiro atoms. The third kappa shape index (κ3) is 3.29. The topological polar surface area (TPSA) is 17.1 Å². The molecule has 0 atom stereocenters. The van der Waals surface area contributed by atoms with Gasteiger partial charge in [-0.2, -0.15) is 0 Å². The van der Waals surface area contributed by atoms with Crippen LogP contribution in [0.4, 0.5) is 4.39 Å². The van der Waals surface area contributed by atoms with E-state index >= 15 is 0 Å². The summed E-state index contributed by atoms with van der Waals surface area (Å²) in [7, 11) is 0. The van der Waals surface area contributed by atoms with Gasteiger partial charge in [0.25, 0.3) is 0 Å². The van der Waals surface area contributed by atoms with Crippen molar-refractivity contribution < 1.29 is 9.18 Å². The average Bonchev–Trinajstić information content (AvgIpc) is 2.63. The summed E-state index contributed by atoms with van der Waals surface area (Å²) in [4.78, 5) is 12.2. The predicted molar refractivity (Wildman–Crippen MR) is 74.0 cm³/mol. The van der Waals surface area contributed by atoms with E-state index in [9.17, 15) is 9.18 Å². The van der Waals surface area contributed by atoms with Gasteiger partial charge in [0.1, 0.15) is 5.82 Å². The molecule has 18 heavy (non-hydrogen) atoms. The number of carbonyl (C=O) groups is 1. The fourth-order valence-electron chi connectivity index (χ4n) is 2.24. The third-order valence-corrected chi connectivity index (χ3v) is 4.17. The highest BCUT2D eigenvalue weighted by Gasteiger charge is 2.14. The van der Waals surface area contributed by atoms with Gasteiger partial charge in [-0.1, -0.05) is 24.6 Å². The number of benzene rings is 1. The molecule has 1 aliphatic carbocycles. The number of Topliss-reactive ketones (excluding diaryl/α,β-unsaturated/α-hetero) is 1. The van der Waals surface area contributed by atoms with Gasteiger partial charge in [-0.3, -0.25) is 4.79 Å². The molecule has 0 bridgehead atoms. The second-order valence-corrected chi connectivity index (χ2v) is 5.43. The Hall–Kier alpha value is -0.960. The Morgan fingerprint density at radius 2 is 2.11 bits per heavy atom. The predicted octanol–water partition coefficient (Wildman–Crippen LogP) is 4.59. The molecule has 1 aromatic carbocycles. The molecule has 0 unspecified atom stereocenters. The molecule has 0 fully saturated rings. The van der Waals surface area contributed by atoms with Crippen LogP contribution in [0.2, 0.25) is 0 Å². The molecule has 2 rings (SSSR count). The van der Waals surface area contributed by atoms with E-state index in [0.717, 1.165) is 30.4 Å². The van der Waals surface area contributed by atoms with Crippen LogP contribution in [-0.4, -0.2) is 5.78 Å². The van der Waals surface area contributed by atoms with Gasteiger partial charge in [-0.05, 0) is 58.8 Å². The van der Waals surface area contributed by atoms with Gasteiger partial charge < -0.3 is 0 Å². The van der Waals surface area contributed by atoms with Crippen molar-refractivity contribution in [2.75, 3.05) is 0 Å². The van der Waals surface area contributed by atoms with E-state index in [0.29, 0.717) is 4.47 Å². The van der Waals surface area contributed by atoms with Crippen molar-refractivity contribution in [3.05, 3.63) is 45.7 Å². The SMILES string of the molecule is O=C(Cc1cccc(F)c1Br)C1=CCCCCC1. The zero-order chi connectivity index (χ0) is 13.0. The van der Waals surface area contributed by atoms with E-state index in [1.165, 1.54) is 18.9 Å². The summed E-state index contributed by atoms with van der Waals surface area (Å²) in [6.07, 6.45) is 7.64. The lowest BCUT2D eigenvalue weighted by molar-refractivity contribution is -0.115. The van der Waals surface area contributed by atoms with Crippen molar-refractivity contribution in [1.29, 1.82) is 0 Å². The van der Waals surface area contributed by atoms with Crippen LogP contribution < -0.4 is 0 Å². The molecule has 0 amide bonds. The lowest BCUT2D eigenvalue weighted by Gasteiger charge is -2.07. The van der Waals surface area contributed by atoms with E-state index in [4.69, 9.17) is 0 Å². The monoisotopic (exact) mass is 310 g/mol. The smallest absolute Gasteiger partial charge is 0.162 e. The molecule has 1 aliphatic rings. The number of halogens is 2. The highest BCUT2D eigenvalue weighted by molar-refractivity contribution is 9.10. The summed E-state index contributed by atoms with van der Waals surface area (Å²) in [5.41, 5.74) is 1.65. The highest BCUT2D eigenvalue weighted by atomic mass is 79.9. The van der Waals surface area contributed by atoms with Gasteiger partial charge >= 0.3 is 0 Å². The van der Waals surface area contributed by atoms with Crippen molar-refractivity contribution in [3.8, 4) is 0 Å². The van der Waals surface area contributed by atoms with Crippen LogP contribution in [0.15, 0.2) is 34.3 Å². The molecule has 0 saturated carbocycles. The molecule has 0 heterocycles. The quantitative estimate of drug-likeness (QED) is 0.798. The van der Waals surface area contributed by atoms with E-state index in [1.54, 1.807) is 12.1 Å². The summed E-state index contributed by atoms with van der Waals surface area (Å²) < 4.78 is 13.8. The molecule has 0 aliphatic heterocycles. The van der Waals surface area contributed by atoms with Gasteiger partial charge in [0.2, 0.25) is 0 Å². The van der Waals surface area contributed by atoms with Gasteiger partial charge in [0.05, 0.1) is 4.47 Å². The number of allylic oxidation sites excluding steroid dienone is 2. The number of hydrogen-bond donors (Lipinski definition) is 0. The van der Waals surface area contributed by atoms with Crippen LogP contribution in [0.5, 0.6) is 0 Å². The summed E-state index contributed by atoms with van der Waals surface area (Å²) >= 11 is 3.20. The minimum Gasteiger partial charge on any atom is -0.294 e. The Labute approximate surface area is 115 Å². The molecule has 1 aromatic rings. The van der Waals surface area contributed by atoms with Crippen LogP contribution in [0, 0.1) is 5.82 Å². The maximum atomic E-state index is 13.4. The third-order valence-electron chi connectivity index (χ3n) is 3.28. The molecule has 1 nitrogen and oxygen atoms in total. The number of carbonyl (C=O) groups excluding carboxylic acids is 1.